The van der Waals surface area contributed by atoms with E-state index >= 15 is 0 Å². The number of fused-ring (bicyclic) bond motifs is 1. The summed E-state index contributed by atoms with van der Waals surface area (Å²) in [5, 5.41) is 3.86. The van der Waals surface area contributed by atoms with E-state index in [-0.39, 0.29) is 17.8 Å². The number of hydrogen-bond donors (Lipinski definition) is 2. The highest BCUT2D eigenvalue weighted by Crippen LogP contribution is 2.18. The molecule has 8 nitrogen and oxygen atoms in total. The van der Waals surface area contributed by atoms with Gasteiger partial charge in [-0.15, -0.1) is 0 Å². The first kappa shape index (κ1) is 18.3. The molecule has 0 radical (unpaired) electrons. The van der Waals surface area contributed by atoms with E-state index in [1.165, 1.54) is 23.4 Å². The van der Waals surface area contributed by atoms with Crippen molar-refractivity contribution < 1.29 is 4.79 Å². The van der Waals surface area contributed by atoms with Crippen molar-refractivity contribution in [3.63, 3.8) is 0 Å². The predicted octanol–water partition coefficient (Wildman–Crippen LogP) is 1.73. The minimum absolute atomic E-state index is 0.140. The summed E-state index contributed by atoms with van der Waals surface area (Å²) in [7, 11) is 2.97. The summed E-state index contributed by atoms with van der Waals surface area (Å²) < 4.78 is 2.33. The number of aromatic amines is 1. The summed E-state index contributed by atoms with van der Waals surface area (Å²) in [4.78, 5) is 43.2. The quantitative estimate of drug-likeness (QED) is 0.643. The number of aromatic nitrogens is 4. The second-order valence-electron chi connectivity index (χ2n) is 5.60. The molecule has 10 heteroatoms. The number of halogens is 1. The summed E-state index contributed by atoms with van der Waals surface area (Å²) in [6.45, 7) is 0. The minimum Gasteiger partial charge on any atom is -0.327 e. The molecule has 0 bridgehead atoms. The Kier molecular flexibility index (Phi) is 5.19. The number of rotatable bonds is 5. The SMILES string of the molecule is Cn1c(=O)c2[nH]c(SCCC(=O)Nc3ccc(Cl)cc3)nc2n(C)c1=O. The number of carbonyl (C=O) groups is 1. The number of thioether (sulfide) groups is 1. The first-order valence-electron chi connectivity index (χ1n) is 7.71. The highest BCUT2D eigenvalue weighted by molar-refractivity contribution is 7.99. The van der Waals surface area contributed by atoms with Crippen LogP contribution in [0.2, 0.25) is 5.02 Å². The zero-order valence-corrected chi connectivity index (χ0v) is 15.6. The summed E-state index contributed by atoms with van der Waals surface area (Å²) in [6, 6.07) is 6.85. The van der Waals surface area contributed by atoms with Gasteiger partial charge in [0.05, 0.1) is 0 Å². The molecule has 0 aliphatic heterocycles. The van der Waals surface area contributed by atoms with Gasteiger partial charge in [-0.1, -0.05) is 23.4 Å². The molecular formula is C16H16ClN5O3S. The summed E-state index contributed by atoms with van der Waals surface area (Å²) in [5.74, 6) is 0.326. The average molecular weight is 394 g/mol. The van der Waals surface area contributed by atoms with E-state index in [1.807, 2.05) is 0 Å². The minimum atomic E-state index is -0.437. The van der Waals surface area contributed by atoms with Crippen molar-refractivity contribution in [3.05, 3.63) is 50.1 Å². The van der Waals surface area contributed by atoms with Gasteiger partial charge < -0.3 is 10.3 Å². The number of benzene rings is 1. The van der Waals surface area contributed by atoms with E-state index in [9.17, 15) is 14.4 Å². The van der Waals surface area contributed by atoms with E-state index < -0.39 is 11.2 Å². The molecule has 0 atom stereocenters. The Bertz CT molecular complexity index is 1080. The van der Waals surface area contributed by atoms with Crippen LogP contribution in [0.25, 0.3) is 11.2 Å². The fraction of sp³-hybridized carbons (Fsp3) is 0.250. The van der Waals surface area contributed by atoms with Gasteiger partial charge in [0.15, 0.2) is 16.3 Å². The maximum atomic E-state index is 12.1. The molecule has 0 aliphatic carbocycles. The molecule has 0 saturated carbocycles. The maximum absolute atomic E-state index is 12.1. The number of imidazole rings is 1. The van der Waals surface area contributed by atoms with E-state index in [0.717, 1.165) is 4.57 Å². The number of H-pyrrole nitrogens is 1. The van der Waals surface area contributed by atoms with Crippen LogP contribution in [-0.2, 0) is 18.9 Å². The number of aryl methyl sites for hydroxylation is 1. The molecule has 3 aromatic rings. The Morgan fingerprint density at radius 2 is 1.92 bits per heavy atom. The number of nitrogens with zero attached hydrogens (tertiary/aromatic N) is 3. The maximum Gasteiger partial charge on any atom is 0.332 e. The molecule has 2 N–H and O–H groups in total. The lowest BCUT2D eigenvalue weighted by molar-refractivity contribution is -0.115. The monoisotopic (exact) mass is 393 g/mol. The topological polar surface area (TPSA) is 102 Å². The molecule has 3 rings (SSSR count). The van der Waals surface area contributed by atoms with Gasteiger partial charge in [0.25, 0.3) is 5.56 Å². The molecule has 0 fully saturated rings. The van der Waals surface area contributed by atoms with Crippen molar-refractivity contribution in [1.29, 1.82) is 0 Å². The van der Waals surface area contributed by atoms with Crippen molar-refractivity contribution in [2.45, 2.75) is 11.6 Å². The molecule has 0 aliphatic rings. The van der Waals surface area contributed by atoms with Crippen LogP contribution in [0.3, 0.4) is 0 Å². The molecule has 2 aromatic heterocycles. The zero-order valence-electron chi connectivity index (χ0n) is 14.1. The van der Waals surface area contributed by atoms with Gasteiger partial charge in [0, 0.05) is 37.0 Å². The molecule has 0 unspecified atom stereocenters. The van der Waals surface area contributed by atoms with Crippen molar-refractivity contribution in [1.82, 2.24) is 19.1 Å². The van der Waals surface area contributed by atoms with Crippen LogP contribution < -0.4 is 16.6 Å². The molecule has 136 valence electrons. The fourth-order valence-corrected chi connectivity index (χ4v) is 3.30. The van der Waals surface area contributed by atoms with Crippen LogP contribution in [0.1, 0.15) is 6.42 Å². The van der Waals surface area contributed by atoms with E-state index in [1.54, 1.807) is 31.3 Å². The molecular weight excluding hydrogens is 378 g/mol. The standard InChI is InChI=1S/C16H16ClN5O3S/c1-21-13-12(14(24)22(2)16(21)25)19-15(20-13)26-8-7-11(23)18-10-5-3-9(17)4-6-10/h3-6H,7-8H2,1-2H3,(H,18,23)(H,19,20). The zero-order chi connectivity index (χ0) is 18.8. The molecule has 0 spiro atoms. The highest BCUT2D eigenvalue weighted by Gasteiger charge is 2.14. The predicted molar refractivity (Wildman–Crippen MR) is 102 cm³/mol. The van der Waals surface area contributed by atoms with Crippen molar-refractivity contribution in [3.8, 4) is 0 Å². The van der Waals surface area contributed by atoms with E-state index in [0.29, 0.717) is 27.3 Å². The smallest absolute Gasteiger partial charge is 0.327 e. The van der Waals surface area contributed by atoms with Crippen LogP contribution in [0, 0.1) is 0 Å². The highest BCUT2D eigenvalue weighted by atomic mass is 35.5. The van der Waals surface area contributed by atoms with Gasteiger partial charge in [0.2, 0.25) is 5.91 Å². The number of amides is 1. The van der Waals surface area contributed by atoms with Crippen LogP contribution in [0.4, 0.5) is 5.69 Å². The van der Waals surface area contributed by atoms with Gasteiger partial charge in [-0.05, 0) is 24.3 Å². The van der Waals surface area contributed by atoms with E-state index in [4.69, 9.17) is 11.6 Å². The Morgan fingerprint density at radius 1 is 1.23 bits per heavy atom. The van der Waals surface area contributed by atoms with Crippen molar-refractivity contribution >= 4 is 46.1 Å². The van der Waals surface area contributed by atoms with Gasteiger partial charge in [0.1, 0.15) is 0 Å². The molecule has 1 amide bonds. The van der Waals surface area contributed by atoms with Crippen LogP contribution in [0.5, 0.6) is 0 Å². The fourth-order valence-electron chi connectivity index (χ4n) is 2.37. The van der Waals surface area contributed by atoms with Gasteiger partial charge in [-0.25, -0.2) is 9.78 Å². The lowest BCUT2D eigenvalue weighted by atomic mass is 10.3. The van der Waals surface area contributed by atoms with Gasteiger partial charge in [-0.2, -0.15) is 0 Å². The Morgan fingerprint density at radius 3 is 2.62 bits per heavy atom. The lowest BCUT2D eigenvalue weighted by Crippen LogP contribution is -2.36. The second-order valence-corrected chi connectivity index (χ2v) is 7.12. The number of hydrogen-bond acceptors (Lipinski definition) is 5. The molecule has 1 aromatic carbocycles. The number of anilines is 1. The summed E-state index contributed by atoms with van der Waals surface area (Å²) in [6.07, 6.45) is 0.265. The van der Waals surface area contributed by atoms with Gasteiger partial charge in [-0.3, -0.25) is 18.7 Å². The van der Waals surface area contributed by atoms with Crippen LogP contribution in [-0.4, -0.2) is 30.8 Å². The third-order valence-corrected chi connectivity index (χ3v) is 4.90. The van der Waals surface area contributed by atoms with Crippen LogP contribution in [0.15, 0.2) is 39.0 Å². The number of nitrogens with one attached hydrogen (secondary N) is 2. The summed E-state index contributed by atoms with van der Waals surface area (Å²) in [5.41, 5.74) is 0.372. The van der Waals surface area contributed by atoms with Crippen molar-refractivity contribution in [2.75, 3.05) is 11.1 Å². The van der Waals surface area contributed by atoms with Crippen LogP contribution >= 0.6 is 23.4 Å². The molecule has 26 heavy (non-hydrogen) atoms. The first-order chi connectivity index (χ1) is 12.4. The summed E-state index contributed by atoms with van der Waals surface area (Å²) >= 11 is 7.11. The van der Waals surface area contributed by atoms with Crippen molar-refractivity contribution in [2.24, 2.45) is 14.1 Å². The molecule has 0 saturated heterocycles. The lowest BCUT2D eigenvalue weighted by Gasteiger charge is -2.04. The largest absolute Gasteiger partial charge is 0.332 e. The Labute approximate surface area is 157 Å². The average Bonchev–Trinajstić information content (AvgIpc) is 3.04. The van der Waals surface area contributed by atoms with E-state index in [2.05, 4.69) is 15.3 Å². The third-order valence-electron chi connectivity index (χ3n) is 3.77. The van der Waals surface area contributed by atoms with Gasteiger partial charge >= 0.3 is 5.69 Å². The number of carbonyl (C=O) groups excluding carboxylic acids is 1. The Balaban J connectivity index is 1.65. The Hall–Kier alpha value is -2.52. The molecule has 2 heterocycles. The normalized spacial score (nSPS) is 11.0. The third kappa shape index (κ3) is 3.68. The second kappa shape index (κ2) is 7.38. The first-order valence-corrected chi connectivity index (χ1v) is 9.07.